The first-order valence-electron chi connectivity index (χ1n) is 7.97. The topological polar surface area (TPSA) is 89.3 Å². The molecule has 25 heavy (non-hydrogen) atoms. The quantitative estimate of drug-likeness (QED) is 0.745. The van der Waals surface area contributed by atoms with Crippen molar-refractivity contribution < 1.29 is 14.1 Å². The van der Waals surface area contributed by atoms with Gasteiger partial charge in [-0.25, -0.2) is 4.79 Å². The van der Waals surface area contributed by atoms with E-state index < -0.39 is 0 Å². The third kappa shape index (κ3) is 3.71. The molecule has 0 aliphatic carbocycles. The van der Waals surface area contributed by atoms with Crippen molar-refractivity contribution in [1.29, 1.82) is 0 Å². The highest BCUT2D eigenvalue weighted by Crippen LogP contribution is 2.27. The highest BCUT2D eigenvalue weighted by Gasteiger charge is 2.16. The Morgan fingerprint density at radius 3 is 2.80 bits per heavy atom. The van der Waals surface area contributed by atoms with Gasteiger partial charge in [-0.15, -0.1) is 0 Å². The Kier molecular flexibility index (Phi) is 4.83. The van der Waals surface area contributed by atoms with E-state index >= 15 is 0 Å². The van der Waals surface area contributed by atoms with Crippen LogP contribution in [0.4, 0.5) is 4.79 Å². The summed E-state index contributed by atoms with van der Waals surface area (Å²) in [5.41, 5.74) is 0.928. The molecule has 0 fully saturated rings. The predicted molar refractivity (Wildman–Crippen MR) is 93.3 cm³/mol. The summed E-state index contributed by atoms with van der Waals surface area (Å²) in [5.74, 6) is 1.64. The van der Waals surface area contributed by atoms with Crippen LogP contribution in [-0.4, -0.2) is 23.3 Å². The van der Waals surface area contributed by atoms with Gasteiger partial charge in [-0.3, -0.25) is 0 Å². The number of nitrogens with zero attached hydrogens (tertiary/aromatic N) is 2. The number of aryl methyl sites for hydroxylation is 1. The zero-order chi connectivity index (χ0) is 17.8. The van der Waals surface area contributed by atoms with E-state index in [0.29, 0.717) is 18.3 Å². The van der Waals surface area contributed by atoms with E-state index in [1.165, 1.54) is 0 Å². The molecule has 0 spiro atoms. The van der Waals surface area contributed by atoms with Gasteiger partial charge >= 0.3 is 6.03 Å². The van der Waals surface area contributed by atoms with Gasteiger partial charge in [-0.05, 0) is 30.7 Å². The molecule has 0 aliphatic heterocycles. The summed E-state index contributed by atoms with van der Waals surface area (Å²) in [4.78, 5) is 16.3. The highest BCUT2D eigenvalue weighted by molar-refractivity contribution is 5.88. The Hall–Kier alpha value is -3.09. The van der Waals surface area contributed by atoms with Gasteiger partial charge < -0.3 is 19.9 Å². The van der Waals surface area contributed by atoms with Gasteiger partial charge in [0.2, 0.25) is 5.89 Å². The van der Waals surface area contributed by atoms with Crippen molar-refractivity contribution in [2.24, 2.45) is 0 Å². The molecule has 2 aromatic carbocycles. The molecule has 2 amide bonds. The van der Waals surface area contributed by atoms with E-state index in [4.69, 9.17) is 9.26 Å². The Balaban J connectivity index is 1.70. The third-order valence-electron chi connectivity index (χ3n) is 3.90. The molecule has 0 unspecified atom stereocenters. The molecule has 0 bridgehead atoms. The molecule has 1 atom stereocenters. The summed E-state index contributed by atoms with van der Waals surface area (Å²) < 4.78 is 10.5. The average Bonchev–Trinajstić information content (AvgIpc) is 3.06. The summed E-state index contributed by atoms with van der Waals surface area (Å²) in [6.07, 6.45) is 0. The Morgan fingerprint density at radius 2 is 2.08 bits per heavy atom. The number of hydrogen-bond acceptors (Lipinski definition) is 5. The number of benzene rings is 2. The van der Waals surface area contributed by atoms with E-state index in [2.05, 4.69) is 20.8 Å². The smallest absolute Gasteiger partial charge is 0.315 e. The number of nitrogens with one attached hydrogen (secondary N) is 2. The van der Waals surface area contributed by atoms with Crippen LogP contribution >= 0.6 is 0 Å². The minimum atomic E-state index is -0.379. The number of fused-ring (bicyclic) bond motifs is 1. The van der Waals surface area contributed by atoms with Crippen molar-refractivity contribution in [2.75, 3.05) is 7.11 Å². The maximum Gasteiger partial charge on any atom is 0.315 e. The van der Waals surface area contributed by atoms with E-state index in [-0.39, 0.29) is 12.1 Å². The minimum Gasteiger partial charge on any atom is -0.496 e. The zero-order valence-corrected chi connectivity index (χ0v) is 14.4. The van der Waals surface area contributed by atoms with Gasteiger partial charge in [0.15, 0.2) is 5.82 Å². The molecule has 2 N–H and O–H groups in total. The van der Waals surface area contributed by atoms with Crippen LogP contribution in [0.5, 0.6) is 5.75 Å². The third-order valence-corrected chi connectivity index (χ3v) is 3.90. The first-order valence-corrected chi connectivity index (χ1v) is 7.97. The molecule has 3 rings (SSSR count). The van der Waals surface area contributed by atoms with Crippen molar-refractivity contribution in [3.8, 4) is 5.75 Å². The van der Waals surface area contributed by atoms with Crippen LogP contribution in [0.25, 0.3) is 10.8 Å². The Bertz CT molecular complexity index is 891. The van der Waals surface area contributed by atoms with Gasteiger partial charge in [-0.1, -0.05) is 35.5 Å². The molecule has 7 nitrogen and oxygen atoms in total. The largest absolute Gasteiger partial charge is 0.496 e. The molecule has 0 saturated carbocycles. The van der Waals surface area contributed by atoms with Gasteiger partial charge in [0, 0.05) is 12.1 Å². The van der Waals surface area contributed by atoms with E-state index in [1.807, 2.05) is 36.4 Å². The maximum atomic E-state index is 12.2. The lowest BCUT2D eigenvalue weighted by atomic mass is 10.0. The Morgan fingerprint density at radius 1 is 1.28 bits per heavy atom. The number of amides is 2. The van der Waals surface area contributed by atoms with Crippen LogP contribution in [0.3, 0.4) is 0 Å². The minimum absolute atomic E-state index is 0.321. The standard InChI is InChI=1S/C18H20N4O3/c1-11(17-21-12(2)22-25-17)20-18(23)19-10-15-14-7-5-4-6-13(14)8-9-16(15)24-3/h4-9,11H,10H2,1-3H3,(H2,19,20,23)/t11-/m1/s1. The van der Waals surface area contributed by atoms with Crippen molar-refractivity contribution >= 4 is 16.8 Å². The number of ether oxygens (including phenoxy) is 1. The molecule has 0 saturated heterocycles. The van der Waals surface area contributed by atoms with Gasteiger partial charge in [0.1, 0.15) is 11.8 Å². The fourth-order valence-electron chi connectivity index (χ4n) is 2.66. The SMILES string of the molecule is COc1ccc2ccccc2c1CNC(=O)N[C@H](C)c1nc(C)no1. The monoisotopic (exact) mass is 340 g/mol. The second-order valence-electron chi connectivity index (χ2n) is 5.70. The molecule has 130 valence electrons. The van der Waals surface area contributed by atoms with E-state index in [9.17, 15) is 4.79 Å². The van der Waals surface area contributed by atoms with E-state index in [0.717, 1.165) is 22.1 Å². The summed E-state index contributed by atoms with van der Waals surface area (Å²) in [5, 5.41) is 11.5. The predicted octanol–water partition coefficient (Wildman–Crippen LogP) is 3.10. The molecule has 1 heterocycles. The lowest BCUT2D eigenvalue weighted by Gasteiger charge is -2.15. The molecule has 3 aromatic rings. The summed E-state index contributed by atoms with van der Waals surface area (Å²) in [7, 11) is 1.62. The van der Waals surface area contributed by atoms with Crippen LogP contribution in [0.15, 0.2) is 40.9 Å². The zero-order valence-electron chi connectivity index (χ0n) is 14.4. The summed E-state index contributed by atoms with van der Waals surface area (Å²) >= 11 is 0. The highest BCUT2D eigenvalue weighted by atomic mass is 16.5. The molecule has 0 aliphatic rings. The second kappa shape index (κ2) is 7.21. The fraction of sp³-hybridized carbons (Fsp3) is 0.278. The van der Waals surface area contributed by atoms with Crippen molar-refractivity contribution in [1.82, 2.24) is 20.8 Å². The summed E-state index contributed by atoms with van der Waals surface area (Å²) in [6, 6.07) is 11.2. The van der Waals surface area contributed by atoms with Gasteiger partial charge in [0.05, 0.1) is 7.11 Å². The van der Waals surface area contributed by atoms with E-state index in [1.54, 1.807) is 21.0 Å². The van der Waals surface area contributed by atoms with Gasteiger partial charge in [-0.2, -0.15) is 4.98 Å². The lowest BCUT2D eigenvalue weighted by molar-refractivity contribution is 0.233. The molecule has 1 aromatic heterocycles. The first kappa shape index (κ1) is 16.8. The molecule has 0 radical (unpaired) electrons. The lowest BCUT2D eigenvalue weighted by Crippen LogP contribution is -2.36. The van der Waals surface area contributed by atoms with Crippen LogP contribution < -0.4 is 15.4 Å². The number of carbonyl (C=O) groups excluding carboxylic acids is 1. The van der Waals surface area contributed by atoms with Crippen molar-refractivity contribution in [3.63, 3.8) is 0 Å². The average molecular weight is 340 g/mol. The number of aromatic nitrogens is 2. The normalized spacial score (nSPS) is 12.0. The van der Waals surface area contributed by atoms with Crippen molar-refractivity contribution in [2.45, 2.75) is 26.4 Å². The number of rotatable bonds is 5. The van der Waals surface area contributed by atoms with Crippen LogP contribution in [0, 0.1) is 6.92 Å². The van der Waals surface area contributed by atoms with Crippen molar-refractivity contribution in [3.05, 3.63) is 53.7 Å². The maximum absolute atomic E-state index is 12.2. The van der Waals surface area contributed by atoms with Crippen LogP contribution in [0.2, 0.25) is 0 Å². The number of carbonyl (C=O) groups is 1. The molecular weight excluding hydrogens is 320 g/mol. The molecule has 7 heteroatoms. The van der Waals surface area contributed by atoms with Gasteiger partial charge in [0.25, 0.3) is 0 Å². The number of urea groups is 1. The number of methoxy groups -OCH3 is 1. The summed E-state index contributed by atoms with van der Waals surface area (Å²) in [6.45, 7) is 3.85. The number of hydrogen-bond donors (Lipinski definition) is 2. The molecular formula is C18H20N4O3. The Labute approximate surface area is 145 Å². The van der Waals surface area contributed by atoms with Crippen LogP contribution in [-0.2, 0) is 6.54 Å². The van der Waals surface area contributed by atoms with Crippen LogP contribution in [0.1, 0.15) is 30.2 Å². The first-order chi connectivity index (χ1) is 12.1. The fourth-order valence-corrected chi connectivity index (χ4v) is 2.66. The second-order valence-corrected chi connectivity index (χ2v) is 5.70.